The highest BCUT2D eigenvalue weighted by atomic mass is 35.5. The molecule has 1 amide bonds. The molecule has 2 saturated heterocycles. The first-order valence-electron chi connectivity index (χ1n) is 36.2. The Labute approximate surface area is 717 Å². The third kappa shape index (κ3) is 32.1. The van der Waals surface area contributed by atoms with Crippen LogP contribution in [-0.2, 0) is 86.6 Å². The number of para-hydroxylation sites is 5. The minimum atomic E-state index is -4.03. The number of alkyl halides is 3. The van der Waals surface area contributed by atoms with Crippen LogP contribution >= 0.6 is 59.2 Å². The Morgan fingerprint density at radius 2 is 0.689 bits per heavy atom. The molecule has 0 aliphatic carbocycles. The molecule has 0 spiro atoms. The largest absolute Gasteiger partial charge is 0.468 e. The van der Waals surface area contributed by atoms with Crippen LogP contribution in [0.2, 0.25) is 0 Å². The summed E-state index contributed by atoms with van der Waals surface area (Å²) in [5.74, 6) is 4.27. The molecule has 0 radical (unpaired) electrons. The van der Waals surface area contributed by atoms with Gasteiger partial charge >= 0.3 is 23.9 Å². The van der Waals surface area contributed by atoms with Gasteiger partial charge < -0.3 is 56.8 Å². The molecule has 119 heavy (non-hydrogen) atoms. The SMILES string of the molecule is COC(=O)C1(S(=O)(=O)c2ccc(Oc3ccccc3)cc2)CCOCC1.COC(=O)CCl.COC(=O)CS(=O)(=O)c1ccc(Oc2ccccc2)cc1.COC(=O)CSc1ccc(Oc2ccccc2)cc1.ClCCOCCCl.O=C(NO)C1(S(=O)(=O)c2ccc(Oc3ccccc3)cc2)CCOCC1.Sc1ccc(Oc2ccccc2)cc1. The first-order chi connectivity index (χ1) is 57.3. The van der Waals surface area contributed by atoms with Crippen LogP contribution in [-0.4, -0.2) is 167 Å². The van der Waals surface area contributed by atoms with Gasteiger partial charge in [-0.1, -0.05) is 91.0 Å². The van der Waals surface area contributed by atoms with E-state index in [1.165, 1.54) is 99.2 Å². The van der Waals surface area contributed by atoms with Gasteiger partial charge in [0.05, 0.1) is 62.1 Å². The Hall–Kier alpha value is -10.2. The summed E-state index contributed by atoms with van der Waals surface area (Å²) in [7, 11) is -6.63. The molecule has 0 unspecified atom stereocenters. The summed E-state index contributed by atoms with van der Waals surface area (Å²) in [5, 5.41) is 9.05. The fraction of sp³-hybridized carbons (Fsp3) is 0.244. The van der Waals surface area contributed by atoms with Crippen molar-refractivity contribution in [1.29, 1.82) is 0 Å². The quantitative estimate of drug-likeness (QED) is 0.00629. The molecule has 33 heteroatoms. The monoisotopic (exact) mass is 1790 g/mol. The lowest BCUT2D eigenvalue weighted by Gasteiger charge is -2.34. The molecule has 12 rings (SSSR count). The number of halogens is 3. The lowest BCUT2D eigenvalue weighted by atomic mass is 9.98. The van der Waals surface area contributed by atoms with Crippen molar-refractivity contribution < 1.29 is 111 Å². The van der Waals surface area contributed by atoms with Crippen LogP contribution in [0, 0.1) is 0 Å². The van der Waals surface area contributed by atoms with Gasteiger partial charge in [0.2, 0.25) is 0 Å². The zero-order valence-corrected chi connectivity index (χ0v) is 71.6. The highest BCUT2D eigenvalue weighted by molar-refractivity contribution is 8.00. The average Bonchev–Trinajstić information content (AvgIpc) is 0.752. The number of esters is 4. The Morgan fingerprint density at radius 1 is 0.395 bits per heavy atom. The molecule has 10 aromatic rings. The second-order valence-electron chi connectivity index (χ2n) is 24.5. The van der Waals surface area contributed by atoms with E-state index in [1.807, 2.05) is 164 Å². The molecule has 2 aliphatic rings. The van der Waals surface area contributed by atoms with E-state index in [9.17, 15) is 49.2 Å². The van der Waals surface area contributed by atoms with Crippen molar-refractivity contribution in [1.82, 2.24) is 5.48 Å². The van der Waals surface area contributed by atoms with E-state index in [-0.39, 0.29) is 78.6 Å². The standard InChI is InChI=1S/C19H20O6S.C18H19NO6S.C15H14O5S.C15H14O3S.C12H10OS.C4H8Cl2O.C3H5ClO2/c1-23-18(20)19(11-13-24-14-12-19)26(21,22)17-9-7-16(8-10-17)25-15-5-3-2-4-6-15;20-17(19-21)18(10-12-24-13-11-18)26(22,23)16-8-6-15(7-9-16)25-14-4-2-1-3-5-14;1-19-15(16)11-21(17,18)14-9-7-13(8-10-14)20-12-5-3-2-4-6-12;1-17-15(16)11-19-14-9-7-13(8-10-14)18-12-5-3-2-4-6-12;14-12-8-6-11(7-9-12)13-10-4-2-1-3-5-10;5-1-3-7-4-2-6;1-6-3(5)2-4/h2-10H,11-14H2,1H3;1-9,21H,10-13H2,(H,19,20);2-10H,11H2,1H3;2-10H,11H2,1H3;1-9,14H;1-4H2;2H2,1H3. The van der Waals surface area contributed by atoms with Crippen molar-refractivity contribution in [2.75, 3.05) is 97.2 Å². The van der Waals surface area contributed by atoms with Crippen LogP contribution in [0.1, 0.15) is 25.7 Å². The first-order valence-corrected chi connectivity index (χ1v) is 43.8. The van der Waals surface area contributed by atoms with Gasteiger partial charge in [-0.05, 0) is 195 Å². The van der Waals surface area contributed by atoms with Gasteiger partial charge in [0.15, 0.2) is 44.8 Å². The number of carbonyl (C=O) groups is 5. The van der Waals surface area contributed by atoms with Gasteiger partial charge in [0.25, 0.3) is 5.91 Å². The maximum atomic E-state index is 13.2. The van der Waals surface area contributed by atoms with Gasteiger partial charge in [-0.3, -0.25) is 29.2 Å². The van der Waals surface area contributed by atoms with Crippen LogP contribution < -0.4 is 29.2 Å². The summed E-state index contributed by atoms with van der Waals surface area (Å²) < 4.78 is 134. The highest BCUT2D eigenvalue weighted by Crippen LogP contribution is 2.39. The molecule has 2 N–H and O–H groups in total. The van der Waals surface area contributed by atoms with Crippen LogP contribution in [0.15, 0.2) is 297 Å². The topological polar surface area (TPSA) is 331 Å². The van der Waals surface area contributed by atoms with Crippen LogP contribution in [0.3, 0.4) is 0 Å². The Kier molecular flexibility index (Phi) is 42.7. The summed E-state index contributed by atoms with van der Waals surface area (Å²) in [4.78, 5) is 58.5. The summed E-state index contributed by atoms with van der Waals surface area (Å²) in [6.07, 6.45) is 0.0997. The summed E-state index contributed by atoms with van der Waals surface area (Å²) in [6, 6.07) is 79.7. The third-order valence-corrected chi connectivity index (χ3v) is 25.0. The second-order valence-corrected chi connectivity index (χ2v) is 33.6. The molecule has 10 aromatic carbocycles. The van der Waals surface area contributed by atoms with Crippen LogP contribution in [0.25, 0.3) is 0 Å². The summed E-state index contributed by atoms with van der Waals surface area (Å²) >= 11 is 21.2. The lowest BCUT2D eigenvalue weighted by Crippen LogP contribution is -2.54. The first kappa shape index (κ1) is 97.6. The number of thioether (sulfide) groups is 1. The summed E-state index contributed by atoms with van der Waals surface area (Å²) in [5.41, 5.74) is 1.50. The predicted molar refractivity (Wildman–Crippen MR) is 456 cm³/mol. The fourth-order valence-corrected chi connectivity index (χ4v) is 16.7. The molecular weight excluding hydrogens is 1700 g/mol. The maximum absolute atomic E-state index is 13.2. The van der Waals surface area contributed by atoms with Crippen molar-refractivity contribution in [2.24, 2.45) is 0 Å². The second kappa shape index (κ2) is 52.0. The fourth-order valence-electron chi connectivity index (χ4n) is 10.4. The molecular formula is C86H90Cl3NO24S5. The van der Waals surface area contributed by atoms with E-state index in [1.54, 1.807) is 48.5 Å². The van der Waals surface area contributed by atoms with Crippen LogP contribution in [0.5, 0.6) is 57.5 Å². The molecule has 2 heterocycles. The minimum absolute atomic E-state index is 0.0107. The molecule has 0 aromatic heterocycles. The van der Waals surface area contributed by atoms with E-state index < -0.39 is 68.6 Å². The van der Waals surface area contributed by atoms with E-state index in [0.717, 1.165) is 39.9 Å². The molecule has 2 fully saturated rings. The number of benzene rings is 10. The van der Waals surface area contributed by atoms with Crippen molar-refractivity contribution in [2.45, 2.75) is 59.7 Å². The number of hydrogen-bond acceptors (Lipinski definition) is 26. The molecule has 0 bridgehead atoms. The average molecular weight is 1790 g/mol. The minimum Gasteiger partial charge on any atom is -0.468 e. The Morgan fingerprint density at radius 3 is 0.983 bits per heavy atom. The number of thiol groups is 1. The van der Waals surface area contributed by atoms with Crippen molar-refractivity contribution in [3.8, 4) is 57.5 Å². The zero-order chi connectivity index (χ0) is 86.4. The number of amides is 1. The summed E-state index contributed by atoms with van der Waals surface area (Å²) in [6.45, 7) is 1.86. The van der Waals surface area contributed by atoms with Gasteiger partial charge in [0, 0.05) is 60.8 Å². The molecule has 0 saturated carbocycles. The normalized spacial score (nSPS) is 12.9. The van der Waals surface area contributed by atoms with Gasteiger partial charge in [0.1, 0.15) is 63.4 Å². The highest BCUT2D eigenvalue weighted by Gasteiger charge is 2.54. The van der Waals surface area contributed by atoms with Crippen molar-refractivity contribution in [3.05, 3.63) is 273 Å². The van der Waals surface area contributed by atoms with E-state index in [4.69, 9.17) is 82.6 Å². The van der Waals surface area contributed by atoms with Crippen LogP contribution in [0.4, 0.5) is 0 Å². The van der Waals surface area contributed by atoms with Crippen molar-refractivity contribution >= 4 is 118 Å². The number of hydroxylamine groups is 1. The number of sulfone groups is 3. The van der Waals surface area contributed by atoms with Gasteiger partial charge in [-0.2, -0.15) is 0 Å². The Balaban J connectivity index is 0.000000224. The van der Waals surface area contributed by atoms with Gasteiger partial charge in [-0.25, -0.2) is 30.7 Å². The number of hydrogen-bond donors (Lipinski definition) is 3. The van der Waals surface area contributed by atoms with E-state index in [2.05, 4.69) is 26.8 Å². The zero-order valence-electron chi connectivity index (χ0n) is 65.1. The van der Waals surface area contributed by atoms with Gasteiger partial charge in [-0.15, -0.1) is 59.2 Å². The molecule has 634 valence electrons. The third-order valence-electron chi connectivity index (χ3n) is 16.6. The lowest BCUT2D eigenvalue weighted by molar-refractivity contribution is -0.146. The number of rotatable bonds is 27. The predicted octanol–water partition coefficient (Wildman–Crippen LogP) is 17.1. The molecule has 0 atom stereocenters. The van der Waals surface area contributed by atoms with Crippen molar-refractivity contribution in [3.63, 3.8) is 0 Å². The molecule has 25 nitrogen and oxygen atoms in total. The molecule has 2 aliphatic heterocycles. The number of ether oxygens (including phenoxy) is 12. The maximum Gasteiger partial charge on any atom is 0.327 e. The van der Waals surface area contributed by atoms with E-state index in [0.29, 0.717) is 65.2 Å². The Bertz CT molecular complexity index is 4860. The number of nitrogens with one attached hydrogen (secondary N) is 1. The number of carbonyl (C=O) groups excluding carboxylic acids is 5. The van der Waals surface area contributed by atoms with E-state index >= 15 is 0 Å². The smallest absolute Gasteiger partial charge is 0.327 e. The number of methoxy groups -OCH3 is 4.